The van der Waals surface area contributed by atoms with Crippen LogP contribution in [-0.4, -0.2) is 0 Å². The highest BCUT2D eigenvalue weighted by Gasteiger charge is 2.23. The lowest BCUT2D eigenvalue weighted by Crippen LogP contribution is -2.24. The Morgan fingerprint density at radius 2 is 1.23 bits per heavy atom. The summed E-state index contributed by atoms with van der Waals surface area (Å²) in [6, 6.07) is 34.5. The molecule has 0 amide bonds. The zero-order chi connectivity index (χ0) is 17.8. The van der Waals surface area contributed by atoms with E-state index in [4.69, 9.17) is 4.42 Å². The fourth-order valence-corrected chi connectivity index (χ4v) is 5.89. The summed E-state index contributed by atoms with van der Waals surface area (Å²) >= 11 is 0. The smallest absolute Gasteiger partial charge is 0.110 e. The van der Waals surface area contributed by atoms with Gasteiger partial charge in [0.25, 0.3) is 0 Å². The average Bonchev–Trinajstić information content (AvgIpc) is 3.25. The second kappa shape index (κ2) is 7.72. The van der Waals surface area contributed by atoms with E-state index in [2.05, 4.69) is 97.9 Å². The number of benzene rings is 3. The minimum absolute atomic E-state index is 0.221. The second-order valence-corrected chi connectivity index (χ2v) is 8.49. The predicted octanol–water partition coefficient (Wildman–Crippen LogP) is 5.19. The fraction of sp³-hybridized carbons (Fsp3) is 0.0833. The summed E-state index contributed by atoms with van der Waals surface area (Å²) in [7, 11) is -0.617. The molecule has 0 N–H and O–H groups in total. The first-order valence-electron chi connectivity index (χ1n) is 8.87. The largest absolute Gasteiger partial charge is 0.469 e. The number of furan rings is 1. The van der Waals surface area contributed by atoms with Crippen molar-refractivity contribution in [2.45, 2.75) is 12.8 Å². The Hall–Kier alpha value is -2.63. The van der Waals surface area contributed by atoms with Crippen molar-refractivity contribution in [1.29, 1.82) is 0 Å². The maximum absolute atomic E-state index is 5.70. The summed E-state index contributed by atoms with van der Waals surface area (Å²) < 4.78 is 5.70. The highest BCUT2D eigenvalue weighted by atomic mass is 31.1. The molecule has 4 aromatic rings. The van der Waals surface area contributed by atoms with Gasteiger partial charge < -0.3 is 4.42 Å². The zero-order valence-corrected chi connectivity index (χ0v) is 15.6. The van der Waals surface area contributed by atoms with Crippen LogP contribution in [0.15, 0.2) is 108 Å². The molecule has 0 fully saturated rings. The molecule has 0 unspecified atom stereocenters. The van der Waals surface area contributed by atoms with Gasteiger partial charge >= 0.3 is 0 Å². The Balaban J connectivity index is 1.87. The van der Waals surface area contributed by atoms with Crippen LogP contribution in [0.1, 0.15) is 24.2 Å². The Morgan fingerprint density at radius 3 is 1.81 bits per heavy atom. The van der Waals surface area contributed by atoms with Crippen molar-refractivity contribution in [2.24, 2.45) is 0 Å². The van der Waals surface area contributed by atoms with Crippen LogP contribution in [0.25, 0.3) is 0 Å². The molecule has 0 bridgehead atoms. The maximum atomic E-state index is 5.70. The van der Waals surface area contributed by atoms with Gasteiger partial charge in [-0.15, -0.1) is 0 Å². The van der Waals surface area contributed by atoms with E-state index in [0.29, 0.717) is 0 Å². The summed E-state index contributed by atoms with van der Waals surface area (Å²) in [5.41, 5.74) is 1.33. The van der Waals surface area contributed by atoms with Crippen LogP contribution in [0.4, 0.5) is 0 Å². The molecular formula is C24H21OP. The molecule has 26 heavy (non-hydrogen) atoms. The van der Waals surface area contributed by atoms with E-state index in [1.54, 1.807) is 6.26 Å². The van der Waals surface area contributed by atoms with Gasteiger partial charge in [-0.2, -0.15) is 0 Å². The molecule has 0 aliphatic carbocycles. The third-order valence-corrected chi connectivity index (χ3v) is 7.16. The van der Waals surface area contributed by atoms with Crippen molar-refractivity contribution in [2.75, 3.05) is 0 Å². The van der Waals surface area contributed by atoms with Crippen molar-refractivity contribution in [3.8, 4) is 0 Å². The SMILES string of the molecule is C[C@@H](c1ccco1)c1ccccc1P(c1ccccc1)c1ccccc1. The summed E-state index contributed by atoms with van der Waals surface area (Å²) in [5.74, 6) is 1.23. The lowest BCUT2D eigenvalue weighted by molar-refractivity contribution is 0.496. The van der Waals surface area contributed by atoms with E-state index in [1.807, 2.05) is 6.07 Å². The van der Waals surface area contributed by atoms with Gasteiger partial charge in [-0.3, -0.25) is 0 Å². The molecule has 1 atom stereocenters. The van der Waals surface area contributed by atoms with Crippen molar-refractivity contribution in [3.05, 3.63) is 115 Å². The lowest BCUT2D eigenvalue weighted by atomic mass is 9.99. The van der Waals surface area contributed by atoms with Crippen molar-refractivity contribution >= 4 is 23.8 Å². The average molecular weight is 356 g/mol. The molecule has 1 aromatic heterocycles. The van der Waals surface area contributed by atoms with Gasteiger partial charge in [0.2, 0.25) is 0 Å². The van der Waals surface area contributed by atoms with Crippen LogP contribution >= 0.6 is 7.92 Å². The first kappa shape index (κ1) is 16.8. The van der Waals surface area contributed by atoms with Crippen LogP contribution in [-0.2, 0) is 0 Å². The van der Waals surface area contributed by atoms with Crippen molar-refractivity contribution in [1.82, 2.24) is 0 Å². The number of rotatable bonds is 5. The van der Waals surface area contributed by atoms with Crippen molar-refractivity contribution in [3.63, 3.8) is 0 Å². The minimum atomic E-state index is -0.617. The van der Waals surface area contributed by atoms with Gasteiger partial charge in [0, 0.05) is 5.92 Å². The molecule has 1 nitrogen and oxygen atoms in total. The van der Waals surface area contributed by atoms with Gasteiger partial charge in [-0.25, -0.2) is 0 Å². The second-order valence-electron chi connectivity index (χ2n) is 6.30. The van der Waals surface area contributed by atoms with E-state index >= 15 is 0 Å². The quantitative estimate of drug-likeness (QED) is 0.449. The summed E-state index contributed by atoms with van der Waals surface area (Å²) in [5, 5.41) is 4.13. The Morgan fingerprint density at radius 1 is 0.654 bits per heavy atom. The maximum Gasteiger partial charge on any atom is 0.110 e. The number of hydrogen-bond donors (Lipinski definition) is 0. The first-order chi connectivity index (χ1) is 12.8. The third kappa shape index (κ3) is 3.36. The van der Waals surface area contributed by atoms with Crippen LogP contribution in [0.2, 0.25) is 0 Å². The molecular weight excluding hydrogens is 335 g/mol. The monoisotopic (exact) mass is 356 g/mol. The van der Waals surface area contributed by atoms with E-state index in [9.17, 15) is 0 Å². The number of hydrogen-bond acceptors (Lipinski definition) is 1. The molecule has 1 heterocycles. The van der Waals surface area contributed by atoms with Gasteiger partial charge in [0.15, 0.2) is 0 Å². The van der Waals surface area contributed by atoms with Gasteiger partial charge in [-0.05, 0) is 41.5 Å². The van der Waals surface area contributed by atoms with Crippen LogP contribution in [0.5, 0.6) is 0 Å². The standard InChI is InChI=1S/C24H21OP/c1-19(23-16-10-18-25-23)22-15-8-9-17-24(22)26(20-11-4-2-5-12-20)21-13-6-3-7-14-21/h2-19H,1H3/t19-/m1/s1. The van der Waals surface area contributed by atoms with E-state index in [-0.39, 0.29) is 5.92 Å². The Kier molecular flexibility index (Phi) is 5.00. The van der Waals surface area contributed by atoms with Crippen LogP contribution in [0, 0.1) is 0 Å². The predicted molar refractivity (Wildman–Crippen MR) is 111 cm³/mol. The molecule has 0 aliphatic rings. The Labute approximate surface area is 156 Å². The van der Waals surface area contributed by atoms with Crippen LogP contribution < -0.4 is 15.9 Å². The third-order valence-electron chi connectivity index (χ3n) is 4.64. The Bertz CT molecular complexity index is 906. The highest BCUT2D eigenvalue weighted by Crippen LogP contribution is 2.37. The molecule has 0 saturated carbocycles. The van der Waals surface area contributed by atoms with E-state index in [1.165, 1.54) is 21.5 Å². The normalized spacial score (nSPS) is 12.2. The summed E-state index contributed by atoms with van der Waals surface area (Å²) in [6.45, 7) is 2.22. The molecule has 0 aliphatic heterocycles. The molecule has 128 valence electrons. The topological polar surface area (TPSA) is 13.1 Å². The van der Waals surface area contributed by atoms with E-state index in [0.717, 1.165) is 5.76 Å². The lowest BCUT2D eigenvalue weighted by Gasteiger charge is -2.24. The molecule has 0 saturated heterocycles. The molecule has 3 aromatic carbocycles. The van der Waals surface area contributed by atoms with Crippen LogP contribution in [0.3, 0.4) is 0 Å². The van der Waals surface area contributed by atoms with E-state index < -0.39 is 7.92 Å². The molecule has 4 rings (SSSR count). The van der Waals surface area contributed by atoms with Gasteiger partial charge in [0.1, 0.15) is 5.76 Å². The highest BCUT2D eigenvalue weighted by molar-refractivity contribution is 7.79. The summed E-state index contributed by atoms with van der Waals surface area (Å²) in [4.78, 5) is 0. The van der Waals surface area contributed by atoms with Gasteiger partial charge in [-0.1, -0.05) is 91.9 Å². The molecule has 2 heteroatoms. The minimum Gasteiger partial charge on any atom is -0.469 e. The zero-order valence-electron chi connectivity index (χ0n) is 14.7. The van der Waals surface area contributed by atoms with Crippen molar-refractivity contribution < 1.29 is 4.42 Å². The van der Waals surface area contributed by atoms with Gasteiger partial charge in [0.05, 0.1) is 6.26 Å². The molecule has 0 spiro atoms. The summed E-state index contributed by atoms with van der Waals surface area (Å²) in [6.07, 6.45) is 1.76. The first-order valence-corrected chi connectivity index (χ1v) is 10.2. The fourth-order valence-electron chi connectivity index (χ4n) is 3.33. The molecule has 0 radical (unpaired) electrons.